The third-order valence-electron chi connectivity index (χ3n) is 3.08. The summed E-state index contributed by atoms with van der Waals surface area (Å²) in [4.78, 5) is 12.1. The summed E-state index contributed by atoms with van der Waals surface area (Å²) in [6.07, 6.45) is -3.71. The molecule has 2 rings (SSSR count). The maximum absolute atomic E-state index is 12.4. The fourth-order valence-corrected chi connectivity index (χ4v) is 2.32. The zero-order chi connectivity index (χ0) is 14.2. The fraction of sp³-hybridized carbons (Fsp3) is 0.462. The number of alkyl halides is 3. The number of nitrogens with zero attached hydrogens (tertiary/aromatic N) is 1. The van der Waals surface area contributed by atoms with Crippen LogP contribution in [0.4, 0.5) is 18.9 Å². The average Bonchev–Trinajstić information content (AvgIpc) is 2.68. The summed E-state index contributed by atoms with van der Waals surface area (Å²) in [6, 6.07) is 5.13. The molecule has 1 aromatic rings. The van der Waals surface area contributed by atoms with Crippen LogP contribution in [0.15, 0.2) is 18.2 Å². The van der Waals surface area contributed by atoms with E-state index in [0.29, 0.717) is 18.5 Å². The molecule has 1 aliphatic heterocycles. The highest BCUT2D eigenvalue weighted by atomic mass is 19.4. The Morgan fingerprint density at radius 1 is 1.47 bits per heavy atom. The van der Waals surface area contributed by atoms with E-state index >= 15 is 0 Å². The zero-order valence-electron chi connectivity index (χ0n) is 10.5. The summed E-state index contributed by atoms with van der Waals surface area (Å²) >= 11 is 0. The minimum atomic E-state index is -4.83. The first-order valence-corrected chi connectivity index (χ1v) is 6.05. The molecular weight excluding hydrogens is 257 g/mol. The average molecular weight is 272 g/mol. The summed E-state index contributed by atoms with van der Waals surface area (Å²) < 4.78 is 37.3. The predicted molar refractivity (Wildman–Crippen MR) is 65.9 cm³/mol. The summed E-state index contributed by atoms with van der Waals surface area (Å²) in [7, 11) is 0. The largest absolute Gasteiger partial charge is 0.471 e. The number of anilines is 1. The number of fused-ring (bicyclic) bond motifs is 1. The smallest absolute Gasteiger partial charge is 0.328 e. The zero-order valence-corrected chi connectivity index (χ0v) is 10.5. The van der Waals surface area contributed by atoms with Crippen molar-refractivity contribution in [1.29, 1.82) is 0 Å². The van der Waals surface area contributed by atoms with Gasteiger partial charge in [0, 0.05) is 18.3 Å². The number of rotatable bonds is 2. The molecule has 1 aromatic carbocycles. The van der Waals surface area contributed by atoms with Crippen molar-refractivity contribution >= 4 is 11.6 Å². The molecule has 0 bridgehead atoms. The number of halogens is 3. The second-order valence-electron chi connectivity index (χ2n) is 4.85. The number of hydrogen-bond acceptors (Lipinski definition) is 2. The van der Waals surface area contributed by atoms with Crippen molar-refractivity contribution in [2.24, 2.45) is 5.73 Å². The Kier molecular flexibility index (Phi) is 3.54. The van der Waals surface area contributed by atoms with Gasteiger partial charge in [0.2, 0.25) is 0 Å². The highest BCUT2D eigenvalue weighted by molar-refractivity contribution is 5.99. The van der Waals surface area contributed by atoms with Crippen LogP contribution in [0.1, 0.15) is 18.1 Å². The van der Waals surface area contributed by atoms with Crippen molar-refractivity contribution in [2.45, 2.75) is 32.0 Å². The minimum Gasteiger partial charge on any atom is -0.328 e. The van der Waals surface area contributed by atoms with E-state index in [-0.39, 0.29) is 12.6 Å². The lowest BCUT2D eigenvalue weighted by atomic mass is 10.0. The van der Waals surface area contributed by atoms with Crippen LogP contribution >= 0.6 is 0 Å². The molecule has 1 unspecified atom stereocenters. The Bertz CT molecular complexity index is 497. The van der Waals surface area contributed by atoms with Crippen LogP contribution in [-0.2, 0) is 17.6 Å². The molecule has 0 aromatic heterocycles. The lowest BCUT2D eigenvalue weighted by Crippen LogP contribution is -2.40. The molecule has 3 nitrogen and oxygen atoms in total. The maximum Gasteiger partial charge on any atom is 0.471 e. The van der Waals surface area contributed by atoms with Gasteiger partial charge in [0.15, 0.2) is 0 Å². The van der Waals surface area contributed by atoms with Gasteiger partial charge in [-0.25, -0.2) is 0 Å². The van der Waals surface area contributed by atoms with E-state index < -0.39 is 12.1 Å². The van der Waals surface area contributed by atoms with Crippen molar-refractivity contribution in [2.75, 3.05) is 11.4 Å². The Morgan fingerprint density at radius 3 is 2.74 bits per heavy atom. The molecule has 1 amide bonds. The number of nitrogens with two attached hydrogens (primary N) is 1. The van der Waals surface area contributed by atoms with Crippen molar-refractivity contribution in [1.82, 2.24) is 0 Å². The highest BCUT2D eigenvalue weighted by Gasteiger charge is 2.44. The quantitative estimate of drug-likeness (QED) is 0.895. The van der Waals surface area contributed by atoms with Gasteiger partial charge in [0.1, 0.15) is 0 Å². The second kappa shape index (κ2) is 4.85. The fourth-order valence-electron chi connectivity index (χ4n) is 2.32. The number of amides is 1. The van der Waals surface area contributed by atoms with E-state index in [4.69, 9.17) is 5.73 Å². The normalized spacial score (nSPS) is 16.4. The SMILES string of the molecule is CC(N)Cc1ccc2c(c1)CCN2C(=O)C(F)(F)F. The van der Waals surface area contributed by atoms with Crippen molar-refractivity contribution in [3.8, 4) is 0 Å². The van der Waals surface area contributed by atoms with Crippen LogP contribution in [-0.4, -0.2) is 24.7 Å². The van der Waals surface area contributed by atoms with Gasteiger partial charge in [-0.15, -0.1) is 0 Å². The van der Waals surface area contributed by atoms with Crippen LogP contribution in [0, 0.1) is 0 Å². The van der Waals surface area contributed by atoms with Gasteiger partial charge in [0.25, 0.3) is 0 Å². The summed E-state index contributed by atoms with van der Waals surface area (Å²) in [5.74, 6) is -1.80. The molecule has 0 radical (unpaired) electrons. The molecule has 6 heteroatoms. The van der Waals surface area contributed by atoms with Gasteiger partial charge in [-0.1, -0.05) is 12.1 Å². The summed E-state index contributed by atoms with van der Waals surface area (Å²) in [5, 5.41) is 0. The first-order valence-electron chi connectivity index (χ1n) is 6.05. The van der Waals surface area contributed by atoms with E-state index in [2.05, 4.69) is 0 Å². The van der Waals surface area contributed by atoms with Crippen molar-refractivity contribution < 1.29 is 18.0 Å². The molecule has 0 fully saturated rings. The molecule has 2 N–H and O–H groups in total. The minimum absolute atomic E-state index is 0.00707. The highest BCUT2D eigenvalue weighted by Crippen LogP contribution is 2.32. The van der Waals surface area contributed by atoms with Gasteiger partial charge >= 0.3 is 12.1 Å². The number of carbonyl (C=O) groups is 1. The molecule has 19 heavy (non-hydrogen) atoms. The van der Waals surface area contributed by atoms with Gasteiger partial charge in [-0.3, -0.25) is 4.79 Å². The van der Waals surface area contributed by atoms with Crippen LogP contribution in [0.25, 0.3) is 0 Å². The van der Waals surface area contributed by atoms with E-state index in [1.807, 2.05) is 13.0 Å². The topological polar surface area (TPSA) is 46.3 Å². The van der Waals surface area contributed by atoms with Gasteiger partial charge in [-0.2, -0.15) is 13.2 Å². The molecule has 1 atom stereocenters. The molecule has 0 aliphatic carbocycles. The van der Waals surface area contributed by atoms with E-state index in [1.54, 1.807) is 12.1 Å². The van der Waals surface area contributed by atoms with Gasteiger partial charge in [0.05, 0.1) is 0 Å². The van der Waals surface area contributed by atoms with Crippen LogP contribution in [0.3, 0.4) is 0 Å². The molecule has 104 valence electrons. The van der Waals surface area contributed by atoms with Crippen molar-refractivity contribution in [3.63, 3.8) is 0 Å². The molecule has 1 aliphatic rings. The second-order valence-corrected chi connectivity index (χ2v) is 4.85. The molecule has 0 saturated heterocycles. The lowest BCUT2D eigenvalue weighted by Gasteiger charge is -2.19. The van der Waals surface area contributed by atoms with Gasteiger partial charge in [-0.05, 0) is 37.0 Å². The maximum atomic E-state index is 12.4. The van der Waals surface area contributed by atoms with Crippen LogP contribution in [0.5, 0.6) is 0 Å². The Labute approximate surface area is 109 Å². The van der Waals surface area contributed by atoms with Gasteiger partial charge < -0.3 is 10.6 Å². The Morgan fingerprint density at radius 2 is 2.16 bits per heavy atom. The van der Waals surface area contributed by atoms with Crippen molar-refractivity contribution in [3.05, 3.63) is 29.3 Å². The third kappa shape index (κ3) is 2.89. The first kappa shape index (κ1) is 13.9. The Balaban J connectivity index is 2.25. The molecule has 0 saturated carbocycles. The summed E-state index contributed by atoms with van der Waals surface area (Å²) in [6.45, 7) is 1.95. The lowest BCUT2D eigenvalue weighted by molar-refractivity contribution is -0.170. The number of hydrogen-bond donors (Lipinski definition) is 1. The van der Waals surface area contributed by atoms with E-state index in [0.717, 1.165) is 16.0 Å². The molecule has 0 spiro atoms. The number of benzene rings is 1. The van der Waals surface area contributed by atoms with Crippen LogP contribution < -0.4 is 10.6 Å². The molecular formula is C13H15F3N2O. The monoisotopic (exact) mass is 272 g/mol. The van der Waals surface area contributed by atoms with E-state index in [1.165, 1.54) is 0 Å². The predicted octanol–water partition coefficient (Wildman–Crippen LogP) is 2.03. The van der Waals surface area contributed by atoms with Crippen LogP contribution in [0.2, 0.25) is 0 Å². The summed E-state index contributed by atoms with van der Waals surface area (Å²) in [5.41, 5.74) is 7.80. The number of carbonyl (C=O) groups excluding carboxylic acids is 1. The Hall–Kier alpha value is -1.56. The molecule has 1 heterocycles. The van der Waals surface area contributed by atoms with E-state index in [9.17, 15) is 18.0 Å². The third-order valence-corrected chi connectivity index (χ3v) is 3.08. The first-order chi connectivity index (χ1) is 8.79. The standard InChI is InChI=1S/C13H15F3N2O/c1-8(17)6-9-2-3-11-10(7-9)4-5-18(11)12(19)13(14,15)16/h2-3,7-8H,4-6,17H2,1H3.